The highest BCUT2D eigenvalue weighted by Gasteiger charge is 2.27. The van der Waals surface area contributed by atoms with Crippen molar-refractivity contribution in [1.29, 1.82) is 0 Å². The van der Waals surface area contributed by atoms with Gasteiger partial charge in [-0.2, -0.15) is 0 Å². The van der Waals surface area contributed by atoms with Gasteiger partial charge in [0.1, 0.15) is 0 Å². The van der Waals surface area contributed by atoms with E-state index in [1.165, 1.54) is 25.8 Å². The number of likely N-dealkylation sites (tertiary alicyclic amines) is 2. The molecule has 26 heavy (non-hydrogen) atoms. The van der Waals surface area contributed by atoms with E-state index < -0.39 is 0 Å². The van der Waals surface area contributed by atoms with Gasteiger partial charge in [-0.3, -0.25) is 9.89 Å². The Kier molecular flexibility index (Phi) is 10.3. The van der Waals surface area contributed by atoms with Crippen molar-refractivity contribution < 1.29 is 14.2 Å². The minimum absolute atomic E-state index is 0.551. The summed E-state index contributed by atoms with van der Waals surface area (Å²) >= 11 is 0. The zero-order valence-electron chi connectivity index (χ0n) is 16.9. The van der Waals surface area contributed by atoms with Gasteiger partial charge < -0.3 is 24.4 Å². The molecule has 0 spiro atoms. The molecule has 2 fully saturated rings. The van der Waals surface area contributed by atoms with E-state index in [1.54, 1.807) is 14.2 Å². The summed E-state index contributed by atoms with van der Waals surface area (Å²) in [6.45, 7) is 11.1. The van der Waals surface area contributed by atoms with E-state index in [4.69, 9.17) is 19.2 Å². The molecule has 0 aliphatic carbocycles. The molecule has 1 N–H and O–H groups in total. The minimum Gasteiger partial charge on any atom is -0.383 e. The van der Waals surface area contributed by atoms with Gasteiger partial charge in [-0.25, -0.2) is 0 Å². The van der Waals surface area contributed by atoms with Crippen molar-refractivity contribution in [2.75, 3.05) is 79.9 Å². The molecule has 0 aromatic heterocycles. The van der Waals surface area contributed by atoms with Gasteiger partial charge in [0.15, 0.2) is 5.96 Å². The summed E-state index contributed by atoms with van der Waals surface area (Å²) < 4.78 is 16.0. The van der Waals surface area contributed by atoms with Gasteiger partial charge in [-0.1, -0.05) is 0 Å². The molecule has 0 amide bonds. The Bertz CT molecular complexity index is 408. The van der Waals surface area contributed by atoms with Crippen molar-refractivity contribution in [2.45, 2.75) is 32.2 Å². The molecule has 2 aliphatic rings. The Labute approximate surface area is 159 Å². The summed E-state index contributed by atoms with van der Waals surface area (Å²) in [5, 5.41) is 3.48. The van der Waals surface area contributed by atoms with Crippen LogP contribution in [0.3, 0.4) is 0 Å². The third-order valence-corrected chi connectivity index (χ3v) is 5.24. The van der Waals surface area contributed by atoms with Crippen LogP contribution in [0.25, 0.3) is 0 Å². The number of rotatable bonds is 11. The number of methoxy groups -OCH3 is 2. The van der Waals surface area contributed by atoms with E-state index in [2.05, 4.69) is 22.0 Å². The molecule has 2 aliphatic heterocycles. The highest BCUT2D eigenvalue weighted by atomic mass is 16.5. The van der Waals surface area contributed by atoms with E-state index in [9.17, 15) is 0 Å². The Morgan fingerprint density at radius 1 is 1.12 bits per heavy atom. The molecule has 152 valence electrons. The van der Waals surface area contributed by atoms with Crippen molar-refractivity contribution >= 4 is 5.96 Å². The number of aliphatic imine (C=N–C) groups is 1. The first-order valence-corrected chi connectivity index (χ1v) is 10.1. The maximum Gasteiger partial charge on any atom is 0.193 e. The molecule has 7 nitrogen and oxygen atoms in total. The summed E-state index contributed by atoms with van der Waals surface area (Å²) in [6, 6.07) is 0.551. The highest BCUT2D eigenvalue weighted by molar-refractivity contribution is 5.80. The molecule has 0 saturated carbocycles. The van der Waals surface area contributed by atoms with Crippen molar-refractivity contribution in [3.63, 3.8) is 0 Å². The average Bonchev–Trinajstić information content (AvgIpc) is 3.30. The first-order valence-electron chi connectivity index (χ1n) is 10.1. The lowest BCUT2D eigenvalue weighted by atomic mass is 10.1. The van der Waals surface area contributed by atoms with Crippen molar-refractivity contribution in [3.05, 3.63) is 0 Å². The Morgan fingerprint density at radius 3 is 2.73 bits per heavy atom. The van der Waals surface area contributed by atoms with Crippen LogP contribution in [0.1, 0.15) is 26.2 Å². The zero-order chi connectivity index (χ0) is 18.6. The Balaban J connectivity index is 1.80. The van der Waals surface area contributed by atoms with Gasteiger partial charge in [0, 0.05) is 52.4 Å². The molecule has 2 unspecified atom stereocenters. The van der Waals surface area contributed by atoms with Crippen molar-refractivity contribution in [3.8, 4) is 0 Å². The molecule has 2 heterocycles. The monoisotopic (exact) mass is 370 g/mol. The maximum atomic E-state index is 5.71. The van der Waals surface area contributed by atoms with Crippen LogP contribution in [-0.2, 0) is 14.2 Å². The summed E-state index contributed by atoms with van der Waals surface area (Å²) in [5.41, 5.74) is 0. The molecule has 0 radical (unpaired) electrons. The van der Waals surface area contributed by atoms with Crippen LogP contribution in [0.2, 0.25) is 0 Å². The molecular weight excluding hydrogens is 332 g/mol. The lowest BCUT2D eigenvalue weighted by Gasteiger charge is -2.25. The van der Waals surface area contributed by atoms with Crippen LogP contribution in [0.15, 0.2) is 4.99 Å². The molecule has 0 aromatic rings. The summed E-state index contributed by atoms with van der Waals surface area (Å²) in [7, 11) is 3.48. The lowest BCUT2D eigenvalue weighted by Crippen LogP contribution is -2.42. The van der Waals surface area contributed by atoms with Crippen molar-refractivity contribution in [1.82, 2.24) is 15.1 Å². The molecule has 0 bridgehead atoms. The third kappa shape index (κ3) is 7.02. The molecular formula is C19H38N4O3. The largest absolute Gasteiger partial charge is 0.383 e. The first-order chi connectivity index (χ1) is 12.8. The molecule has 7 heteroatoms. The number of nitrogens with one attached hydrogen (secondary N) is 1. The second-order valence-electron chi connectivity index (χ2n) is 7.19. The number of hydrogen-bond donors (Lipinski definition) is 1. The van der Waals surface area contributed by atoms with E-state index in [0.717, 1.165) is 51.9 Å². The number of guanidine groups is 1. The standard InChI is InChI=1S/C19H38N4O3/c1-4-20-19(21-14-18-6-5-8-22(18)10-11-24-2)23-9-7-17(15-23)16-26-13-12-25-3/h17-18H,4-16H2,1-3H3,(H,20,21). The second-order valence-corrected chi connectivity index (χ2v) is 7.19. The predicted molar refractivity (Wildman–Crippen MR) is 105 cm³/mol. The van der Waals surface area contributed by atoms with Gasteiger partial charge in [-0.05, 0) is 32.7 Å². The SMILES string of the molecule is CCNC(=NCC1CCCN1CCOC)N1CCC(COCCOC)C1. The predicted octanol–water partition coefficient (Wildman–Crippen LogP) is 1.05. The van der Waals surface area contributed by atoms with Crippen LogP contribution in [0.5, 0.6) is 0 Å². The minimum atomic E-state index is 0.551. The summed E-state index contributed by atoms with van der Waals surface area (Å²) in [6.07, 6.45) is 3.68. The summed E-state index contributed by atoms with van der Waals surface area (Å²) in [4.78, 5) is 9.88. The fraction of sp³-hybridized carbons (Fsp3) is 0.947. The Morgan fingerprint density at radius 2 is 1.96 bits per heavy atom. The quantitative estimate of drug-likeness (QED) is 0.333. The van der Waals surface area contributed by atoms with Gasteiger partial charge in [-0.15, -0.1) is 0 Å². The van der Waals surface area contributed by atoms with E-state index >= 15 is 0 Å². The maximum absolute atomic E-state index is 5.71. The van der Waals surface area contributed by atoms with E-state index in [-0.39, 0.29) is 0 Å². The molecule has 2 saturated heterocycles. The van der Waals surface area contributed by atoms with Crippen LogP contribution >= 0.6 is 0 Å². The highest BCUT2D eigenvalue weighted by Crippen LogP contribution is 2.19. The Hall–Kier alpha value is -0.890. The van der Waals surface area contributed by atoms with E-state index in [0.29, 0.717) is 25.2 Å². The number of hydrogen-bond acceptors (Lipinski definition) is 5. The van der Waals surface area contributed by atoms with Crippen LogP contribution in [0, 0.1) is 5.92 Å². The third-order valence-electron chi connectivity index (χ3n) is 5.24. The van der Waals surface area contributed by atoms with Crippen LogP contribution in [0.4, 0.5) is 0 Å². The molecule has 2 atom stereocenters. The summed E-state index contributed by atoms with van der Waals surface area (Å²) in [5.74, 6) is 1.64. The smallest absolute Gasteiger partial charge is 0.193 e. The van der Waals surface area contributed by atoms with Crippen LogP contribution in [-0.4, -0.2) is 102 Å². The average molecular weight is 371 g/mol. The second kappa shape index (κ2) is 12.5. The molecule has 2 rings (SSSR count). The molecule has 0 aromatic carbocycles. The van der Waals surface area contributed by atoms with Crippen LogP contribution < -0.4 is 5.32 Å². The van der Waals surface area contributed by atoms with Crippen molar-refractivity contribution in [2.24, 2.45) is 10.9 Å². The zero-order valence-corrected chi connectivity index (χ0v) is 16.9. The van der Waals surface area contributed by atoms with Gasteiger partial charge in [0.05, 0.1) is 33.0 Å². The van der Waals surface area contributed by atoms with Gasteiger partial charge in [0.25, 0.3) is 0 Å². The van der Waals surface area contributed by atoms with Gasteiger partial charge in [0.2, 0.25) is 0 Å². The number of nitrogens with zero attached hydrogens (tertiary/aromatic N) is 3. The fourth-order valence-electron chi connectivity index (χ4n) is 3.78. The first kappa shape index (κ1) is 21.4. The topological polar surface area (TPSA) is 58.6 Å². The van der Waals surface area contributed by atoms with Gasteiger partial charge >= 0.3 is 0 Å². The van der Waals surface area contributed by atoms with E-state index in [1.807, 2.05) is 0 Å². The lowest BCUT2D eigenvalue weighted by molar-refractivity contribution is 0.0536. The fourth-order valence-corrected chi connectivity index (χ4v) is 3.78. The normalized spacial score (nSPS) is 24.6. The number of ether oxygens (including phenoxy) is 3.